The molecule has 0 heteroatoms. The minimum Gasteiger partial charge on any atom is -0.0683 e. The van der Waals surface area contributed by atoms with E-state index in [0.29, 0.717) is 0 Å². The molecule has 0 rings (SSSR count). The zero-order valence-electron chi connectivity index (χ0n) is 7.41. The van der Waals surface area contributed by atoms with Gasteiger partial charge >= 0.3 is 0 Å². The topological polar surface area (TPSA) is 0 Å². The van der Waals surface area contributed by atoms with Crippen molar-refractivity contribution < 1.29 is 0 Å². The van der Waals surface area contributed by atoms with Crippen LogP contribution >= 0.6 is 0 Å². The van der Waals surface area contributed by atoms with Gasteiger partial charge < -0.3 is 0 Å². The molecule has 0 saturated carbocycles. The highest BCUT2D eigenvalue weighted by Crippen LogP contribution is 1.76. The standard InChI is InChI=1S/C4H10.2C2H6/c1-3-4-2;2*1-2/h3-4H2,1-2H3;2*1-2H3. The molecule has 0 aliphatic rings. The van der Waals surface area contributed by atoms with Crippen molar-refractivity contribution in [2.45, 2.75) is 54.4 Å². The summed E-state index contributed by atoms with van der Waals surface area (Å²) in [5, 5.41) is 0. The highest BCUT2D eigenvalue weighted by molar-refractivity contribution is 4.12. The average molecular weight is 118 g/mol. The van der Waals surface area contributed by atoms with Crippen molar-refractivity contribution in [3.8, 4) is 0 Å². The molecule has 0 aliphatic heterocycles. The van der Waals surface area contributed by atoms with Gasteiger partial charge in [0.05, 0.1) is 0 Å². The van der Waals surface area contributed by atoms with Crippen molar-refractivity contribution in [1.82, 2.24) is 0 Å². The fourth-order valence-electron chi connectivity index (χ4n) is 0. The quantitative estimate of drug-likeness (QED) is 0.490. The van der Waals surface area contributed by atoms with E-state index in [1.807, 2.05) is 27.7 Å². The summed E-state index contributed by atoms with van der Waals surface area (Å²) in [5.41, 5.74) is 0. The molecule has 54 valence electrons. The van der Waals surface area contributed by atoms with Gasteiger partial charge in [-0.25, -0.2) is 0 Å². The van der Waals surface area contributed by atoms with Gasteiger partial charge in [-0.05, 0) is 0 Å². The van der Waals surface area contributed by atoms with Gasteiger partial charge in [-0.15, -0.1) is 0 Å². The van der Waals surface area contributed by atoms with Crippen LogP contribution < -0.4 is 0 Å². The Morgan fingerprint density at radius 3 is 0.750 bits per heavy atom. The molecule has 0 bridgehead atoms. The van der Waals surface area contributed by atoms with E-state index in [2.05, 4.69) is 13.8 Å². The van der Waals surface area contributed by atoms with Crippen LogP contribution in [0, 0.1) is 0 Å². The molecule has 0 nitrogen and oxygen atoms in total. The third-order valence-electron chi connectivity index (χ3n) is 0.500. The molecule has 0 radical (unpaired) electrons. The van der Waals surface area contributed by atoms with Gasteiger partial charge in [0.15, 0.2) is 0 Å². The van der Waals surface area contributed by atoms with E-state index in [0.717, 1.165) is 0 Å². The summed E-state index contributed by atoms with van der Waals surface area (Å²) in [6.07, 6.45) is 2.64. The Bertz CT molecular complexity index is 2.00. The Labute approximate surface area is 55.3 Å². The van der Waals surface area contributed by atoms with Gasteiger partial charge in [0.1, 0.15) is 0 Å². The maximum atomic E-state index is 2.18. The summed E-state index contributed by atoms with van der Waals surface area (Å²) in [7, 11) is 0. The van der Waals surface area contributed by atoms with Gasteiger partial charge in [0, 0.05) is 0 Å². The molecular weight excluding hydrogens is 96.1 g/mol. The van der Waals surface area contributed by atoms with Gasteiger partial charge in [0.25, 0.3) is 0 Å². The lowest BCUT2D eigenvalue weighted by atomic mass is 10.4. The normalized spacial score (nSPS) is 5.25. The van der Waals surface area contributed by atoms with Crippen molar-refractivity contribution in [2.24, 2.45) is 0 Å². The molecule has 0 aliphatic carbocycles. The van der Waals surface area contributed by atoms with E-state index in [1.54, 1.807) is 0 Å². The van der Waals surface area contributed by atoms with Crippen molar-refractivity contribution >= 4 is 0 Å². The van der Waals surface area contributed by atoms with E-state index >= 15 is 0 Å². The highest BCUT2D eigenvalue weighted by atomic mass is 13.6. The fourth-order valence-corrected chi connectivity index (χ4v) is 0. The van der Waals surface area contributed by atoms with Gasteiger partial charge in [0.2, 0.25) is 0 Å². The fraction of sp³-hybridized carbons (Fsp3) is 1.00. The molecule has 0 aromatic heterocycles. The van der Waals surface area contributed by atoms with E-state index in [9.17, 15) is 0 Å². The van der Waals surface area contributed by atoms with E-state index < -0.39 is 0 Å². The Balaban J connectivity index is -0.0000000542. The average Bonchev–Trinajstić information content (AvgIpc) is 1.96. The number of unbranched alkanes of at least 4 members (excludes halogenated alkanes) is 1. The van der Waals surface area contributed by atoms with Crippen LogP contribution in [-0.4, -0.2) is 0 Å². The van der Waals surface area contributed by atoms with Gasteiger partial charge in [-0.2, -0.15) is 0 Å². The maximum Gasteiger partial charge on any atom is -0.0564 e. The molecule has 0 heterocycles. The minimum absolute atomic E-state index is 1.32. The second-order valence-corrected chi connectivity index (χ2v) is 1.000. The van der Waals surface area contributed by atoms with Crippen LogP contribution in [0.5, 0.6) is 0 Å². The first-order valence-electron chi connectivity index (χ1n) is 3.91. The summed E-state index contributed by atoms with van der Waals surface area (Å²) >= 11 is 0. The molecule has 0 spiro atoms. The lowest BCUT2D eigenvalue weighted by Crippen LogP contribution is -1.47. The van der Waals surface area contributed by atoms with Gasteiger partial charge in [-0.1, -0.05) is 54.4 Å². The SMILES string of the molecule is CC.CC.CCCC. The van der Waals surface area contributed by atoms with Crippen molar-refractivity contribution in [3.63, 3.8) is 0 Å². The Hall–Kier alpha value is 0. The Morgan fingerprint density at radius 1 is 0.625 bits per heavy atom. The summed E-state index contributed by atoms with van der Waals surface area (Å²) in [6.45, 7) is 12.4. The number of rotatable bonds is 1. The molecule has 0 aromatic carbocycles. The van der Waals surface area contributed by atoms with Crippen molar-refractivity contribution in [2.75, 3.05) is 0 Å². The van der Waals surface area contributed by atoms with Crippen LogP contribution in [0.1, 0.15) is 54.4 Å². The predicted octanol–water partition coefficient (Wildman–Crippen LogP) is 3.86. The largest absolute Gasteiger partial charge is 0.0683 e. The Morgan fingerprint density at radius 2 is 0.750 bits per heavy atom. The summed E-state index contributed by atoms with van der Waals surface area (Å²) in [6, 6.07) is 0. The predicted molar refractivity (Wildman–Crippen MR) is 43.3 cm³/mol. The van der Waals surface area contributed by atoms with Crippen molar-refractivity contribution in [1.29, 1.82) is 0 Å². The molecule has 0 atom stereocenters. The Kier molecular flexibility index (Phi) is 123. The molecule has 0 saturated heterocycles. The number of hydrogen-bond acceptors (Lipinski definition) is 0. The third-order valence-corrected chi connectivity index (χ3v) is 0.500. The summed E-state index contributed by atoms with van der Waals surface area (Å²) < 4.78 is 0. The van der Waals surface area contributed by atoms with E-state index in [-0.39, 0.29) is 0 Å². The summed E-state index contributed by atoms with van der Waals surface area (Å²) in [5.74, 6) is 0. The monoisotopic (exact) mass is 118 g/mol. The molecule has 0 unspecified atom stereocenters. The van der Waals surface area contributed by atoms with Crippen LogP contribution in [0.2, 0.25) is 0 Å². The molecule has 0 fully saturated rings. The molecule has 0 amide bonds. The molecular formula is C8H22. The zero-order chi connectivity index (χ0) is 7.41. The first kappa shape index (κ1) is 15.7. The first-order valence-corrected chi connectivity index (χ1v) is 3.91. The maximum absolute atomic E-state index is 2.18. The van der Waals surface area contributed by atoms with Gasteiger partial charge in [-0.3, -0.25) is 0 Å². The lowest BCUT2D eigenvalue weighted by Gasteiger charge is -1.68. The molecule has 0 N–H and O–H groups in total. The smallest absolute Gasteiger partial charge is 0.0564 e. The highest BCUT2D eigenvalue weighted by Gasteiger charge is 1.56. The van der Waals surface area contributed by atoms with Crippen LogP contribution in [0.25, 0.3) is 0 Å². The van der Waals surface area contributed by atoms with E-state index in [1.165, 1.54) is 12.8 Å². The summed E-state index contributed by atoms with van der Waals surface area (Å²) in [4.78, 5) is 0. The lowest BCUT2D eigenvalue weighted by molar-refractivity contribution is 0.886. The van der Waals surface area contributed by atoms with Crippen LogP contribution in [-0.2, 0) is 0 Å². The molecule has 0 aromatic rings. The van der Waals surface area contributed by atoms with Crippen LogP contribution in [0.15, 0.2) is 0 Å². The van der Waals surface area contributed by atoms with E-state index in [4.69, 9.17) is 0 Å². The third kappa shape index (κ3) is 150. The first-order chi connectivity index (χ1) is 3.91. The van der Waals surface area contributed by atoms with Crippen molar-refractivity contribution in [3.05, 3.63) is 0 Å². The minimum atomic E-state index is 1.32. The zero-order valence-corrected chi connectivity index (χ0v) is 7.41. The van der Waals surface area contributed by atoms with Crippen LogP contribution in [0.3, 0.4) is 0 Å². The van der Waals surface area contributed by atoms with Crippen LogP contribution in [0.4, 0.5) is 0 Å². The second kappa shape index (κ2) is 63.0. The molecule has 8 heavy (non-hydrogen) atoms. The second-order valence-electron chi connectivity index (χ2n) is 1.000. The number of hydrogen-bond donors (Lipinski definition) is 0.